The number of nitrogens with zero attached hydrogens (tertiary/aromatic N) is 3. The lowest BCUT2D eigenvalue weighted by Gasteiger charge is -2.45. The van der Waals surface area contributed by atoms with E-state index in [4.69, 9.17) is 0 Å². The summed E-state index contributed by atoms with van der Waals surface area (Å²) in [6, 6.07) is 115. The fourth-order valence-electron chi connectivity index (χ4n) is 18.5. The van der Waals surface area contributed by atoms with E-state index < -0.39 is 5.41 Å². The van der Waals surface area contributed by atoms with Gasteiger partial charge in [-0.15, -0.1) is 9.24 Å². The lowest BCUT2D eigenvalue weighted by atomic mass is 9.33. The third-order valence-corrected chi connectivity index (χ3v) is 24.2. The van der Waals surface area contributed by atoms with E-state index in [0.717, 1.165) is 67.4 Å². The van der Waals surface area contributed by atoms with Crippen molar-refractivity contribution in [2.24, 2.45) is 0 Å². The minimum atomic E-state index is -0.566. The average Bonchev–Trinajstić information content (AvgIpc) is 1.42. The Morgan fingerprint density at radius 2 is 0.726 bits per heavy atom. The fourth-order valence-corrected chi connectivity index (χ4v) is 18.9. The lowest BCUT2D eigenvalue weighted by molar-refractivity contribution is 0.590. The summed E-state index contributed by atoms with van der Waals surface area (Å²) in [5.74, 6) is 0. The quantitative estimate of drug-likeness (QED) is 0.116. The van der Waals surface area contributed by atoms with Gasteiger partial charge in [0.1, 0.15) is 0 Å². The molecule has 3 heterocycles. The van der Waals surface area contributed by atoms with Crippen LogP contribution in [-0.2, 0) is 27.1 Å². The Kier molecular flexibility index (Phi) is 14.7. The van der Waals surface area contributed by atoms with Crippen molar-refractivity contribution in [2.45, 2.75) is 110 Å². The van der Waals surface area contributed by atoms with Gasteiger partial charge in [-0.2, -0.15) is 0 Å². The molecule has 1 spiro atoms. The zero-order chi connectivity index (χ0) is 72.7. The number of rotatable bonds is 7. The van der Waals surface area contributed by atoms with Crippen LogP contribution in [-0.4, -0.2) is 11.3 Å². The van der Waals surface area contributed by atoms with E-state index >= 15 is 0 Å². The summed E-state index contributed by atoms with van der Waals surface area (Å²) in [6.07, 6.45) is 0. The van der Waals surface area contributed by atoms with Crippen molar-refractivity contribution in [3.8, 4) is 72.4 Å². The predicted octanol–water partition coefficient (Wildman–Crippen LogP) is 24.6. The maximum atomic E-state index is 3.28. The topological polar surface area (TPSA) is 11.4 Å². The van der Waals surface area contributed by atoms with Gasteiger partial charge in [-0.25, -0.2) is 0 Å². The van der Waals surface area contributed by atoms with E-state index in [2.05, 4.69) is 404 Å². The highest BCUT2D eigenvalue weighted by molar-refractivity contribution is 7.28. The molecule has 4 aliphatic rings. The minimum absolute atomic E-state index is 0.00263. The number of hydrogen-bond acceptors (Lipinski definition) is 2. The van der Waals surface area contributed by atoms with Gasteiger partial charge >= 0.3 is 0 Å². The van der Waals surface area contributed by atoms with Gasteiger partial charge in [0.25, 0.3) is 6.71 Å². The van der Waals surface area contributed by atoms with Crippen LogP contribution in [0.25, 0.3) is 94.3 Å². The molecule has 1 atom stereocenters. The SMILES string of the molecule is CC(C)(C)c1ccc(-c2ccc3c(c2)B2c4ccc(-c5cccc6c5C5(c7ccccc7-c7ccccc75)c5ccccc5-6)cc4N(c4ccc(C(C)(C)C)cc4P)c4cc(-n5c6ccc(C(C)(C)C)cc6c6cc(C(C)(C)C)ccc65)cc(c42)N3c2c(-c3ccccc3)cccc2-c2ccccc2)cc1. The fraction of sp³-hybridized carbons (Fsp3) is 0.168. The van der Waals surface area contributed by atoms with E-state index in [1.807, 2.05) is 0 Å². The van der Waals surface area contributed by atoms with E-state index in [9.17, 15) is 0 Å². The van der Waals surface area contributed by atoms with Crippen LogP contribution in [0.2, 0.25) is 0 Å². The molecule has 19 rings (SSSR count). The van der Waals surface area contributed by atoms with Gasteiger partial charge in [-0.3, -0.25) is 0 Å². The van der Waals surface area contributed by atoms with Gasteiger partial charge in [0.15, 0.2) is 0 Å². The molecule has 1 unspecified atom stereocenters. The predicted molar refractivity (Wildman–Crippen MR) is 457 cm³/mol. The minimum Gasteiger partial charge on any atom is -0.311 e. The summed E-state index contributed by atoms with van der Waals surface area (Å²) in [5.41, 5.74) is 38.3. The molecule has 3 nitrogen and oxygen atoms in total. The van der Waals surface area contributed by atoms with Crippen LogP contribution in [0.1, 0.15) is 128 Å². The Morgan fingerprint density at radius 3 is 1.26 bits per heavy atom. The molecular weight excluding hydrogens is 1300 g/mol. The van der Waals surface area contributed by atoms with E-state index in [1.54, 1.807) is 0 Å². The van der Waals surface area contributed by atoms with Crippen LogP contribution >= 0.6 is 9.24 Å². The smallest absolute Gasteiger partial charge is 0.252 e. The molecule has 2 aliphatic heterocycles. The zero-order valence-corrected chi connectivity index (χ0v) is 63.9. The number of aromatic nitrogens is 1. The Bertz CT molecular complexity index is 5950. The molecule has 5 heteroatoms. The highest BCUT2D eigenvalue weighted by atomic mass is 31.0. The van der Waals surface area contributed by atoms with E-state index in [-0.39, 0.29) is 28.4 Å². The van der Waals surface area contributed by atoms with Crippen LogP contribution in [0.5, 0.6) is 0 Å². The lowest BCUT2D eigenvalue weighted by Crippen LogP contribution is -2.61. The summed E-state index contributed by atoms with van der Waals surface area (Å²) < 4.78 is 2.60. The van der Waals surface area contributed by atoms with Crippen LogP contribution < -0.4 is 31.5 Å². The molecule has 0 saturated heterocycles. The molecule has 2 aliphatic carbocycles. The third kappa shape index (κ3) is 9.96. The van der Waals surface area contributed by atoms with E-state index in [0.29, 0.717) is 0 Å². The maximum absolute atomic E-state index is 3.28. The molecular formula is C101H87BN3P. The summed E-state index contributed by atoms with van der Waals surface area (Å²) >= 11 is 0. The van der Waals surface area contributed by atoms with Crippen molar-refractivity contribution >= 4 is 93.6 Å². The van der Waals surface area contributed by atoms with Gasteiger partial charge in [0, 0.05) is 44.6 Å². The zero-order valence-electron chi connectivity index (χ0n) is 62.8. The van der Waals surface area contributed by atoms with Crippen molar-refractivity contribution in [2.75, 3.05) is 9.80 Å². The second-order valence-corrected chi connectivity index (χ2v) is 34.9. The Hall–Kier alpha value is -11.0. The highest BCUT2D eigenvalue weighted by Gasteiger charge is 2.53. The Morgan fingerprint density at radius 1 is 0.292 bits per heavy atom. The first-order valence-corrected chi connectivity index (χ1v) is 38.5. The molecule has 0 amide bonds. The van der Waals surface area contributed by atoms with Crippen molar-refractivity contribution in [1.29, 1.82) is 0 Å². The normalized spacial score (nSPS) is 13.9. The summed E-state index contributed by atoms with van der Waals surface area (Å²) in [5, 5.41) is 3.64. The monoisotopic (exact) mass is 1380 g/mol. The van der Waals surface area contributed by atoms with Crippen molar-refractivity contribution in [3.05, 3.63) is 342 Å². The molecule has 0 bridgehead atoms. The third-order valence-electron chi connectivity index (χ3n) is 23.8. The van der Waals surface area contributed by atoms with Gasteiger partial charge < -0.3 is 14.4 Å². The van der Waals surface area contributed by atoms with Crippen LogP contribution in [0.4, 0.5) is 34.1 Å². The Labute approximate surface area is 628 Å². The van der Waals surface area contributed by atoms with Crippen LogP contribution in [0, 0.1) is 0 Å². The van der Waals surface area contributed by atoms with Gasteiger partial charge in [0.2, 0.25) is 0 Å². The molecule has 1 aromatic heterocycles. The van der Waals surface area contributed by atoms with Gasteiger partial charge in [0.05, 0.1) is 33.5 Å². The van der Waals surface area contributed by atoms with Crippen molar-refractivity contribution in [3.63, 3.8) is 0 Å². The van der Waals surface area contributed by atoms with Crippen molar-refractivity contribution in [1.82, 2.24) is 4.57 Å². The van der Waals surface area contributed by atoms with E-state index in [1.165, 1.54) is 127 Å². The number of para-hydroxylation sites is 1. The number of benzene rings is 14. The first kappa shape index (κ1) is 65.7. The summed E-state index contributed by atoms with van der Waals surface area (Å²) in [6.45, 7) is 27.7. The number of hydrogen-bond donors (Lipinski definition) is 0. The molecule has 15 aromatic rings. The van der Waals surface area contributed by atoms with Crippen molar-refractivity contribution < 1.29 is 0 Å². The molecule has 0 saturated carbocycles. The van der Waals surface area contributed by atoms with Gasteiger partial charge in [-0.05, 0) is 204 Å². The number of anilines is 6. The molecule has 0 N–H and O–H groups in total. The standard InChI is InChI=1S/C101H87BN3P/c1-97(2,3)67-45-41-62(42-46-67)65-44-51-88-85(55-65)102-84-50-43-66(72-34-25-37-78-77-33-21-24-40-83(77)101(94(72)78)81-38-22-19-31-75(81)76-32-20-23-39-82(76)101)56-90(84)104(89-54-49-70(59-93(89)106)100(10,11)12)91-60-71(103-86-52-47-68(98(4,5)6)57-79(86)80-58-69(99(7,8)9)48-53-87(80)103)61-92(95(91)102)105(88)96-73(63-27-15-13-16-28-63)35-26-36-74(96)64-29-17-14-18-30-64/h13-61H,106H2,1-12H3. The average molecular weight is 1380 g/mol. The van der Waals surface area contributed by atoms with Gasteiger partial charge in [-0.1, -0.05) is 320 Å². The second kappa shape index (κ2) is 23.7. The largest absolute Gasteiger partial charge is 0.311 e. The van der Waals surface area contributed by atoms with Crippen LogP contribution in [0.15, 0.2) is 297 Å². The molecule has 14 aromatic carbocycles. The Balaban J connectivity index is 0.969. The molecule has 0 fully saturated rings. The van der Waals surface area contributed by atoms with Crippen LogP contribution in [0.3, 0.4) is 0 Å². The second-order valence-electron chi connectivity index (χ2n) is 34.2. The number of fused-ring (bicyclic) bond motifs is 17. The molecule has 106 heavy (non-hydrogen) atoms. The summed E-state index contributed by atoms with van der Waals surface area (Å²) in [4.78, 5) is 5.38. The molecule has 0 radical (unpaired) electrons. The highest BCUT2D eigenvalue weighted by Crippen LogP contribution is 2.65. The first-order chi connectivity index (χ1) is 51.0. The molecule has 514 valence electrons. The maximum Gasteiger partial charge on any atom is 0.252 e. The summed E-state index contributed by atoms with van der Waals surface area (Å²) in [7, 11) is 3.28. The first-order valence-electron chi connectivity index (χ1n) is 37.9.